The van der Waals surface area contributed by atoms with Crippen molar-refractivity contribution in [1.29, 1.82) is 0 Å². The van der Waals surface area contributed by atoms with E-state index < -0.39 is 17.8 Å². The highest BCUT2D eigenvalue weighted by atomic mass is 19.1. The van der Waals surface area contributed by atoms with Crippen LogP contribution in [0.15, 0.2) is 53.7 Å². The third-order valence-electron chi connectivity index (χ3n) is 3.77. The molecule has 2 aromatic rings. The highest BCUT2D eigenvalue weighted by Gasteiger charge is 2.30. The molecule has 3 rings (SSSR count). The lowest BCUT2D eigenvalue weighted by Crippen LogP contribution is -2.28. The molecule has 0 bridgehead atoms. The molecule has 0 fully saturated rings. The zero-order valence-corrected chi connectivity index (χ0v) is 13.5. The van der Waals surface area contributed by atoms with E-state index in [0.717, 1.165) is 0 Å². The van der Waals surface area contributed by atoms with Gasteiger partial charge in [-0.25, -0.2) is 4.39 Å². The first kappa shape index (κ1) is 16.6. The fourth-order valence-corrected chi connectivity index (χ4v) is 2.48. The molecular weight excluding hydrogens is 325 g/mol. The van der Waals surface area contributed by atoms with E-state index in [0.29, 0.717) is 22.5 Å². The predicted octanol–water partition coefficient (Wildman–Crippen LogP) is 2.32. The zero-order chi connectivity index (χ0) is 17.8. The van der Waals surface area contributed by atoms with Crippen LogP contribution < -0.4 is 10.6 Å². The molecule has 0 saturated carbocycles. The maximum Gasteiger partial charge on any atom is 0.268 e. The fraction of sp³-hybridized carbons (Fsp3) is 0.167. The molecule has 1 aliphatic heterocycles. The molecule has 25 heavy (non-hydrogen) atoms. The minimum atomic E-state index is -0.849. The van der Waals surface area contributed by atoms with Crippen LogP contribution in [0.4, 0.5) is 10.1 Å². The second kappa shape index (κ2) is 7.12. The summed E-state index contributed by atoms with van der Waals surface area (Å²) in [4.78, 5) is 29.1. The third kappa shape index (κ3) is 3.65. The monoisotopic (exact) mass is 341 g/mol. The van der Waals surface area contributed by atoms with Crippen LogP contribution >= 0.6 is 0 Å². The molecule has 0 aliphatic carbocycles. The number of carbonyl (C=O) groups is 2. The number of hydrogen-bond donors (Lipinski definition) is 2. The van der Waals surface area contributed by atoms with Gasteiger partial charge in [-0.1, -0.05) is 29.4 Å². The van der Waals surface area contributed by atoms with Crippen LogP contribution in [0.1, 0.15) is 22.3 Å². The van der Waals surface area contributed by atoms with Gasteiger partial charge in [0, 0.05) is 30.3 Å². The van der Waals surface area contributed by atoms with Crippen LogP contribution in [0.2, 0.25) is 0 Å². The van der Waals surface area contributed by atoms with Crippen molar-refractivity contribution in [3.05, 3.63) is 65.5 Å². The SMILES string of the molecule is CNC(=O)c1cccc(NC(=O)C2CC(c3ccccc3F)=NO2)c1. The summed E-state index contributed by atoms with van der Waals surface area (Å²) in [5, 5.41) is 9.02. The van der Waals surface area contributed by atoms with Gasteiger partial charge in [-0.15, -0.1) is 0 Å². The number of nitrogens with zero attached hydrogens (tertiary/aromatic N) is 1. The Kier molecular flexibility index (Phi) is 4.74. The molecule has 0 spiro atoms. The molecular formula is C18H16FN3O3. The zero-order valence-electron chi connectivity index (χ0n) is 13.5. The number of hydrogen-bond acceptors (Lipinski definition) is 4. The van der Waals surface area contributed by atoms with E-state index in [1.807, 2.05) is 0 Å². The van der Waals surface area contributed by atoms with E-state index in [9.17, 15) is 14.0 Å². The molecule has 2 aromatic carbocycles. The van der Waals surface area contributed by atoms with Crippen molar-refractivity contribution in [3.63, 3.8) is 0 Å². The van der Waals surface area contributed by atoms with Crippen LogP contribution in [0.25, 0.3) is 0 Å². The number of benzene rings is 2. The molecule has 128 valence electrons. The number of amides is 2. The van der Waals surface area contributed by atoms with Crippen molar-refractivity contribution in [3.8, 4) is 0 Å². The smallest absolute Gasteiger partial charge is 0.268 e. The first-order valence-electron chi connectivity index (χ1n) is 7.69. The Bertz CT molecular complexity index is 851. The molecule has 1 heterocycles. The van der Waals surface area contributed by atoms with E-state index in [4.69, 9.17) is 4.84 Å². The largest absolute Gasteiger partial charge is 0.382 e. The van der Waals surface area contributed by atoms with Gasteiger partial charge in [-0.05, 0) is 24.3 Å². The minimum absolute atomic E-state index is 0.169. The van der Waals surface area contributed by atoms with E-state index in [-0.39, 0.29) is 12.3 Å². The number of halogens is 1. The Morgan fingerprint density at radius 3 is 2.76 bits per heavy atom. The highest BCUT2D eigenvalue weighted by Crippen LogP contribution is 2.20. The van der Waals surface area contributed by atoms with Gasteiger partial charge >= 0.3 is 0 Å². The average molecular weight is 341 g/mol. The van der Waals surface area contributed by atoms with Gasteiger partial charge in [0.05, 0.1) is 5.71 Å². The number of anilines is 1. The molecule has 1 unspecified atom stereocenters. The van der Waals surface area contributed by atoms with Crippen molar-refractivity contribution in [2.45, 2.75) is 12.5 Å². The van der Waals surface area contributed by atoms with Crippen molar-refractivity contribution >= 4 is 23.2 Å². The Hall–Kier alpha value is -3.22. The fourth-order valence-electron chi connectivity index (χ4n) is 2.48. The quantitative estimate of drug-likeness (QED) is 0.896. The van der Waals surface area contributed by atoms with Crippen molar-refractivity contribution in [2.24, 2.45) is 5.16 Å². The lowest BCUT2D eigenvalue weighted by molar-refractivity contribution is -0.125. The summed E-state index contributed by atoms with van der Waals surface area (Å²) in [5.41, 5.74) is 1.60. The van der Waals surface area contributed by atoms with Crippen LogP contribution in [-0.4, -0.2) is 30.7 Å². The van der Waals surface area contributed by atoms with Crippen molar-refractivity contribution in [1.82, 2.24) is 5.32 Å². The van der Waals surface area contributed by atoms with Gasteiger partial charge in [0.25, 0.3) is 11.8 Å². The van der Waals surface area contributed by atoms with Crippen molar-refractivity contribution in [2.75, 3.05) is 12.4 Å². The second-order valence-electron chi connectivity index (χ2n) is 5.47. The first-order valence-corrected chi connectivity index (χ1v) is 7.69. The molecule has 2 amide bonds. The van der Waals surface area contributed by atoms with Gasteiger partial charge in [-0.2, -0.15) is 0 Å². The van der Waals surface area contributed by atoms with E-state index in [1.165, 1.54) is 13.1 Å². The molecule has 1 aliphatic rings. The summed E-state index contributed by atoms with van der Waals surface area (Å²) < 4.78 is 13.8. The molecule has 6 nitrogen and oxygen atoms in total. The maximum atomic E-state index is 13.8. The second-order valence-corrected chi connectivity index (χ2v) is 5.47. The van der Waals surface area contributed by atoms with Crippen LogP contribution in [0.3, 0.4) is 0 Å². The summed E-state index contributed by atoms with van der Waals surface area (Å²) in [6, 6.07) is 12.7. The standard InChI is InChI=1S/C18H16FN3O3/c1-20-17(23)11-5-4-6-12(9-11)21-18(24)16-10-15(22-25-16)13-7-2-3-8-14(13)19/h2-9,16H,10H2,1H3,(H,20,23)(H,21,24). The Morgan fingerprint density at radius 1 is 1.20 bits per heavy atom. The lowest BCUT2D eigenvalue weighted by Gasteiger charge is -2.10. The Morgan fingerprint density at radius 2 is 2.00 bits per heavy atom. The number of oxime groups is 1. The molecule has 0 saturated heterocycles. The Labute approximate surface area is 143 Å². The minimum Gasteiger partial charge on any atom is -0.382 e. The summed E-state index contributed by atoms with van der Waals surface area (Å²) in [7, 11) is 1.53. The topological polar surface area (TPSA) is 79.8 Å². The lowest BCUT2D eigenvalue weighted by atomic mass is 10.0. The molecule has 1 atom stereocenters. The van der Waals surface area contributed by atoms with E-state index in [1.54, 1.807) is 42.5 Å². The van der Waals surface area contributed by atoms with Crippen LogP contribution in [0, 0.1) is 5.82 Å². The van der Waals surface area contributed by atoms with Gasteiger partial charge in [-0.3, -0.25) is 9.59 Å². The van der Waals surface area contributed by atoms with Gasteiger partial charge < -0.3 is 15.5 Å². The highest BCUT2D eigenvalue weighted by molar-refractivity contribution is 6.06. The summed E-state index contributed by atoms with van der Waals surface area (Å²) in [6.07, 6.45) is -0.680. The van der Waals surface area contributed by atoms with Crippen LogP contribution in [-0.2, 0) is 9.63 Å². The summed E-state index contributed by atoms with van der Waals surface area (Å²) in [6.45, 7) is 0. The number of nitrogens with one attached hydrogen (secondary N) is 2. The van der Waals surface area contributed by atoms with E-state index >= 15 is 0 Å². The predicted molar refractivity (Wildman–Crippen MR) is 90.9 cm³/mol. The molecule has 7 heteroatoms. The van der Waals surface area contributed by atoms with Gasteiger partial charge in [0.2, 0.25) is 6.10 Å². The maximum absolute atomic E-state index is 13.8. The average Bonchev–Trinajstić information content (AvgIpc) is 3.11. The van der Waals surface area contributed by atoms with Crippen molar-refractivity contribution < 1.29 is 18.8 Å². The van der Waals surface area contributed by atoms with E-state index in [2.05, 4.69) is 15.8 Å². The molecule has 0 aromatic heterocycles. The summed E-state index contributed by atoms with van der Waals surface area (Å²) in [5.74, 6) is -1.08. The first-order chi connectivity index (χ1) is 12.1. The molecule has 2 N–H and O–H groups in total. The Balaban J connectivity index is 1.66. The van der Waals surface area contributed by atoms with Gasteiger partial charge in [0.15, 0.2) is 0 Å². The normalized spacial score (nSPS) is 15.9. The number of carbonyl (C=O) groups excluding carboxylic acids is 2. The number of rotatable bonds is 4. The third-order valence-corrected chi connectivity index (χ3v) is 3.77. The van der Waals surface area contributed by atoms with Crippen LogP contribution in [0.5, 0.6) is 0 Å². The molecule has 0 radical (unpaired) electrons. The van der Waals surface area contributed by atoms with Gasteiger partial charge in [0.1, 0.15) is 5.82 Å². The summed E-state index contributed by atoms with van der Waals surface area (Å²) >= 11 is 0.